The average molecular weight is 2010 g/mol. The third-order valence-corrected chi connectivity index (χ3v) is 30.3. The zero-order chi connectivity index (χ0) is 91.7. The summed E-state index contributed by atoms with van der Waals surface area (Å²) in [6.45, 7) is 29.7. The molecular weight excluding hydrogens is 1870 g/mol. The van der Waals surface area contributed by atoms with Gasteiger partial charge in [0.15, 0.2) is 22.8 Å². The van der Waals surface area contributed by atoms with Crippen LogP contribution in [0.5, 0.6) is 0 Å². The number of H-pyrrole nitrogens is 2. The van der Waals surface area contributed by atoms with E-state index in [0.29, 0.717) is 88.8 Å². The van der Waals surface area contributed by atoms with Gasteiger partial charge in [-0.25, -0.2) is 29.7 Å². The largest absolute Gasteiger partial charge is 0.464 e. The van der Waals surface area contributed by atoms with Gasteiger partial charge in [0.05, 0.1) is 107 Å². The maximum atomic E-state index is 12.9. The molecular formula is C93H134Cl9N21O9. The van der Waals surface area contributed by atoms with Crippen LogP contribution in [-0.2, 0) is 33.2 Å². The van der Waals surface area contributed by atoms with Crippen LogP contribution in [0.15, 0.2) is 42.5 Å². The number of hydrazine groups is 1. The summed E-state index contributed by atoms with van der Waals surface area (Å²) in [6, 6.07) is 16.0. The molecule has 14 fully saturated rings. The minimum atomic E-state index is -0.412. The molecule has 0 atom stereocenters. The molecule has 0 amide bonds. The topological polar surface area (TPSA) is 322 Å². The predicted molar refractivity (Wildman–Crippen MR) is 529 cm³/mol. The second-order valence-electron chi connectivity index (χ2n) is 36.0. The second kappa shape index (κ2) is 52.7. The van der Waals surface area contributed by atoms with Gasteiger partial charge in [-0.1, -0.05) is 126 Å². The van der Waals surface area contributed by atoms with Crippen molar-refractivity contribution in [2.45, 2.75) is 191 Å². The monoisotopic (exact) mass is 2000 g/mol. The lowest BCUT2D eigenvalue weighted by Gasteiger charge is -2.41. The van der Waals surface area contributed by atoms with E-state index in [1.165, 1.54) is 138 Å². The first-order chi connectivity index (χ1) is 63.8. The number of Topliss-reactive ketones (excluding diaryl/α,β-unsaturated/α-hetero) is 1. The van der Waals surface area contributed by atoms with Crippen molar-refractivity contribution in [1.82, 2.24) is 75.1 Å². The lowest BCUT2D eigenvalue weighted by Crippen LogP contribution is -2.49. The summed E-state index contributed by atoms with van der Waals surface area (Å²) in [5.41, 5.74) is 8.99. The number of piperidine rings is 5. The Hall–Kier alpha value is -5.21. The maximum Gasteiger partial charge on any atom is 0.356 e. The molecule has 30 nitrogen and oxygen atoms in total. The molecule has 0 bridgehead atoms. The summed E-state index contributed by atoms with van der Waals surface area (Å²) >= 11 is 52.4. The number of morpholine rings is 5. The molecule has 7 N–H and O–H groups in total. The van der Waals surface area contributed by atoms with Crippen molar-refractivity contribution < 1.29 is 42.8 Å². The zero-order valence-electron chi connectivity index (χ0n) is 75.4. The van der Waals surface area contributed by atoms with Crippen LogP contribution in [0.25, 0.3) is 22.1 Å². The second-order valence-corrected chi connectivity index (χ2v) is 39.5. The van der Waals surface area contributed by atoms with Crippen molar-refractivity contribution >= 4 is 166 Å². The van der Waals surface area contributed by atoms with Crippen LogP contribution in [0.4, 0.5) is 22.7 Å². The number of methoxy groups -OCH3 is 1. The van der Waals surface area contributed by atoms with E-state index in [9.17, 15) is 14.4 Å². The first-order valence-electron chi connectivity index (χ1n) is 47.4. The SMILES string of the molecule is C.C1CC(N2CCOCC2)CCN1.COC(=O)c1cc(N2CCC(N3CCOCC3)CC2)c2c(C3CCC3)[nH]nc2n1.Clc1cc(Cl)nc(Cl)c1.Clc1cc(N2CCC(N3CCOCC3)CC2)c2c(C3CCC3)[nH]nc2n1.Clc1cc(N2CCC(N3CCOCC3)CC2)cc(Cl)n1.NN.O=C(Cl)C1CCC1.O=C(c1c(N2CCC(N3CCOCC3)CC2)cc(Cl)nc1Cl)C1CCC1. The Balaban J connectivity index is 0.000000136. The number of hydrogen-bond acceptors (Lipinski definition) is 28. The van der Waals surface area contributed by atoms with Crippen molar-refractivity contribution in [2.24, 2.45) is 23.5 Å². The number of nitrogens with zero attached hydrogens (tertiary/aromatic N) is 16. The Labute approximate surface area is 822 Å². The van der Waals surface area contributed by atoms with E-state index in [2.05, 4.69) is 106 Å². The number of hydrogen-bond donors (Lipinski definition) is 5. The first kappa shape index (κ1) is 104. The highest BCUT2D eigenvalue weighted by Crippen LogP contribution is 2.46. The molecule has 21 rings (SSSR count). The number of carbonyl (C=O) groups is 3. The van der Waals surface area contributed by atoms with Gasteiger partial charge in [-0.15, -0.1) is 0 Å². The van der Waals surface area contributed by atoms with Gasteiger partial charge in [0.25, 0.3) is 0 Å². The highest BCUT2D eigenvalue weighted by molar-refractivity contribution is 6.64. The molecule has 728 valence electrons. The van der Waals surface area contributed by atoms with Crippen LogP contribution in [0.1, 0.15) is 193 Å². The number of nitrogens with one attached hydrogen (secondary N) is 3. The molecule has 7 aromatic heterocycles. The molecule has 39 heteroatoms. The lowest BCUT2D eigenvalue weighted by atomic mass is 9.80. The van der Waals surface area contributed by atoms with Crippen LogP contribution in [0.2, 0.25) is 41.1 Å². The maximum absolute atomic E-state index is 12.9. The Kier molecular flexibility index (Phi) is 41.6. The molecule has 4 saturated carbocycles. The van der Waals surface area contributed by atoms with Crippen LogP contribution in [-0.4, -0.2) is 321 Å². The van der Waals surface area contributed by atoms with Gasteiger partial charge in [0.2, 0.25) is 5.24 Å². The van der Waals surface area contributed by atoms with Crippen LogP contribution < -0.4 is 36.6 Å². The highest BCUT2D eigenvalue weighted by atomic mass is 35.5. The van der Waals surface area contributed by atoms with Gasteiger partial charge in [0, 0.05) is 194 Å². The number of esters is 1. The summed E-state index contributed by atoms with van der Waals surface area (Å²) in [7, 11) is 1.39. The fraction of sp³-hybridized carbons (Fsp3) is 0.677. The molecule has 17 heterocycles. The van der Waals surface area contributed by atoms with E-state index in [4.69, 9.17) is 133 Å². The molecule has 14 aliphatic rings. The molecule has 0 aromatic carbocycles. The number of ether oxygens (including phenoxy) is 6. The van der Waals surface area contributed by atoms with Crippen molar-refractivity contribution in [3.05, 3.63) is 106 Å². The standard InChI is InChI=1S/C21H29N5O3.C19H25Cl2N3O2.C19H26ClN5O.C14H19Cl2N3O.C9H18N2O.C5H2Cl3N.C5H7ClO.CH4.H4N2/c1-28-21(27)16-13-17(18-19(14-3-2-4-14)23-24-20(18)22-16)26-7-5-15(6-8-26)25-9-11-29-12-10-25;20-16-12-15(17(19(21)22-16)18(25)13-2-1-3-13)24-6-4-14(5-7-24)23-8-10-26-11-9-23;20-16-12-15(17-18(13-2-1-3-13)22-23-19(17)21-16)25-6-4-14(5-7-25)24-8-10-26-11-9-24;15-13-9-12(10-14(16)17-13)18-3-1-11(2-4-18)19-5-7-20-8-6-19;1-3-10-4-2-9(1)11-5-7-12-8-6-11;6-3-1-4(7)9-5(8)2-3;6-5(7)4-2-1-3-4;;1-2/h13-15H,2-12H2,1H3,(H,22,23,24);12-14H,1-11H2;12-14H,1-11H2,(H,21,22,23);9-11H,1-8H2;9-10H,1-8H2;1-2H;4H,1-3H2;1H4;1-2H2. The zero-order valence-corrected chi connectivity index (χ0v) is 82.2. The van der Waals surface area contributed by atoms with E-state index in [1.807, 2.05) is 30.3 Å². The molecule has 10 aliphatic heterocycles. The van der Waals surface area contributed by atoms with E-state index >= 15 is 0 Å². The van der Waals surface area contributed by atoms with Crippen LogP contribution in [0, 0.1) is 11.8 Å². The third kappa shape index (κ3) is 28.6. The number of ketones is 1. The third-order valence-electron chi connectivity index (χ3n) is 28.4. The van der Waals surface area contributed by atoms with E-state index in [0.717, 1.165) is 276 Å². The minimum Gasteiger partial charge on any atom is -0.464 e. The van der Waals surface area contributed by atoms with Gasteiger partial charge in [-0.3, -0.25) is 56.0 Å². The van der Waals surface area contributed by atoms with E-state index in [1.54, 1.807) is 0 Å². The van der Waals surface area contributed by atoms with Gasteiger partial charge in [0.1, 0.15) is 36.1 Å². The van der Waals surface area contributed by atoms with Gasteiger partial charge < -0.3 is 53.3 Å². The van der Waals surface area contributed by atoms with E-state index < -0.39 is 5.97 Å². The summed E-state index contributed by atoms with van der Waals surface area (Å²) in [6.07, 6.45) is 25.5. The average Bonchev–Trinajstić information content (AvgIpc) is 1.58. The Morgan fingerprint density at radius 1 is 0.379 bits per heavy atom. The number of aromatic amines is 2. The molecule has 0 unspecified atom stereocenters. The Morgan fingerprint density at radius 3 is 1.05 bits per heavy atom. The number of rotatable bonds is 15. The van der Waals surface area contributed by atoms with Gasteiger partial charge in [-0.2, -0.15) is 10.2 Å². The van der Waals surface area contributed by atoms with Crippen molar-refractivity contribution in [1.29, 1.82) is 0 Å². The highest BCUT2D eigenvalue weighted by Gasteiger charge is 2.38. The molecule has 132 heavy (non-hydrogen) atoms. The van der Waals surface area contributed by atoms with Crippen molar-refractivity contribution in [2.75, 3.05) is 224 Å². The number of aromatic nitrogens is 9. The molecule has 7 aromatic rings. The molecule has 4 aliphatic carbocycles. The van der Waals surface area contributed by atoms with Crippen molar-refractivity contribution in [3.8, 4) is 0 Å². The first-order valence-corrected chi connectivity index (χ1v) is 50.8. The smallest absolute Gasteiger partial charge is 0.356 e. The number of anilines is 4. The predicted octanol–water partition coefficient (Wildman–Crippen LogP) is 16.0. The number of carbonyl (C=O) groups excluding carboxylic acids is 3. The van der Waals surface area contributed by atoms with Crippen LogP contribution in [0.3, 0.4) is 0 Å². The summed E-state index contributed by atoms with van der Waals surface area (Å²) in [4.78, 5) is 78.4. The van der Waals surface area contributed by atoms with Gasteiger partial charge in [-0.05, 0) is 183 Å². The fourth-order valence-electron chi connectivity index (χ4n) is 20.0. The molecule has 10 saturated heterocycles. The lowest BCUT2D eigenvalue weighted by molar-refractivity contribution is -0.117. The summed E-state index contributed by atoms with van der Waals surface area (Å²) < 4.78 is 32.2. The fourth-order valence-corrected chi connectivity index (χ4v) is 22.2. The molecule has 0 spiro atoms. The Bertz CT molecular complexity index is 4650. The van der Waals surface area contributed by atoms with Crippen molar-refractivity contribution in [3.63, 3.8) is 0 Å². The number of fused-ring (bicyclic) bond motifs is 2. The summed E-state index contributed by atoms with van der Waals surface area (Å²) in [5, 5.41) is 24.1. The van der Waals surface area contributed by atoms with E-state index in [-0.39, 0.29) is 35.4 Å². The Morgan fingerprint density at radius 2 is 0.705 bits per heavy atom. The summed E-state index contributed by atoms with van der Waals surface area (Å²) in [5.74, 6) is 9.16. The minimum absolute atomic E-state index is 0. The molecule has 0 radical (unpaired) electrons. The quantitative estimate of drug-likeness (QED) is 0.0159. The number of halogens is 9. The van der Waals surface area contributed by atoms with Gasteiger partial charge >= 0.3 is 5.97 Å². The number of pyridine rings is 5. The van der Waals surface area contributed by atoms with Crippen LogP contribution >= 0.6 is 104 Å². The number of nitrogens with two attached hydrogens (primary N) is 2. The normalized spacial score (nSPS) is 21.8.